The first-order valence-corrected chi connectivity index (χ1v) is 10.3. The van der Waals surface area contributed by atoms with Gasteiger partial charge in [0.1, 0.15) is 22.7 Å². The highest BCUT2D eigenvalue weighted by Gasteiger charge is 2.65. The summed E-state index contributed by atoms with van der Waals surface area (Å²) in [7, 11) is 0. The Hall–Kier alpha value is -2.33. The van der Waals surface area contributed by atoms with Gasteiger partial charge in [-0.15, -0.1) is 0 Å². The minimum absolute atomic E-state index is 0.194. The van der Waals surface area contributed by atoms with E-state index in [1.165, 1.54) is 6.20 Å². The predicted octanol–water partition coefficient (Wildman–Crippen LogP) is 2.18. The molecule has 7 rings (SSSR count). The lowest BCUT2D eigenvalue weighted by atomic mass is 10.1. The van der Waals surface area contributed by atoms with Crippen molar-refractivity contribution in [2.75, 3.05) is 17.2 Å². The molecule has 28 heavy (non-hydrogen) atoms. The standard InChI is InChI=1S/C18H19BrN8O/c1-7(2)27-16-13(23-17(27)19)12(10-4-22-11(20)5-21-10)24-18(25-16)26-6-8-3-9-14(26)15(9)28-8/h4-5,7-9,14-15H,3,6H2,1-2H3,(H2,20,22). The molecule has 6 heterocycles. The largest absolute Gasteiger partial charge is 0.382 e. The summed E-state index contributed by atoms with van der Waals surface area (Å²) in [6.07, 6.45) is 4.94. The number of nitrogens with two attached hydrogens (primary N) is 1. The fourth-order valence-corrected chi connectivity index (χ4v) is 5.36. The number of imidazole rings is 1. The van der Waals surface area contributed by atoms with Crippen molar-refractivity contribution in [3.8, 4) is 11.4 Å². The van der Waals surface area contributed by atoms with Gasteiger partial charge in [-0.3, -0.25) is 0 Å². The molecular weight excluding hydrogens is 424 g/mol. The molecule has 4 fully saturated rings. The Balaban J connectivity index is 1.57. The van der Waals surface area contributed by atoms with Crippen LogP contribution in [0.4, 0.5) is 11.8 Å². The van der Waals surface area contributed by atoms with Gasteiger partial charge in [-0.05, 0) is 36.2 Å². The first-order valence-electron chi connectivity index (χ1n) is 9.46. The molecule has 1 aliphatic carbocycles. The maximum absolute atomic E-state index is 6.01. The Morgan fingerprint density at radius 1 is 1.21 bits per heavy atom. The SMILES string of the molecule is CC(C)n1c(Br)nc2c(-c3cnc(N)cn3)nc(N3CC4CC5C(O4)C53)nc21. The van der Waals surface area contributed by atoms with Gasteiger partial charge in [0.2, 0.25) is 5.95 Å². The lowest BCUT2D eigenvalue weighted by Gasteiger charge is -2.34. The molecule has 4 unspecified atom stereocenters. The zero-order valence-electron chi connectivity index (χ0n) is 15.4. The second-order valence-electron chi connectivity index (χ2n) is 7.98. The molecule has 0 spiro atoms. The van der Waals surface area contributed by atoms with Crippen LogP contribution in [-0.2, 0) is 4.74 Å². The number of ether oxygens (including phenoxy) is 1. The van der Waals surface area contributed by atoms with Gasteiger partial charge in [0.05, 0.1) is 30.6 Å². The summed E-state index contributed by atoms with van der Waals surface area (Å²) in [5.74, 6) is 1.69. The Bertz CT molecular complexity index is 1090. The average Bonchev–Trinajstić information content (AvgIpc) is 3.06. The van der Waals surface area contributed by atoms with Crippen molar-refractivity contribution < 1.29 is 4.74 Å². The Kier molecular flexibility index (Phi) is 3.32. The number of piperidine rings is 1. The van der Waals surface area contributed by atoms with Gasteiger partial charge in [0.25, 0.3) is 0 Å². The highest BCUT2D eigenvalue weighted by atomic mass is 79.9. The fourth-order valence-electron chi connectivity index (χ4n) is 4.60. The van der Waals surface area contributed by atoms with E-state index in [9.17, 15) is 0 Å². The van der Waals surface area contributed by atoms with Crippen LogP contribution in [0.15, 0.2) is 17.1 Å². The van der Waals surface area contributed by atoms with E-state index in [-0.39, 0.29) is 12.1 Å². The summed E-state index contributed by atoms with van der Waals surface area (Å²) in [6.45, 7) is 5.04. The first-order chi connectivity index (χ1) is 13.5. The molecule has 10 heteroatoms. The topological polar surface area (TPSA) is 108 Å². The monoisotopic (exact) mass is 442 g/mol. The molecule has 3 aromatic heterocycles. The number of nitrogen functional groups attached to an aromatic ring is 1. The summed E-state index contributed by atoms with van der Waals surface area (Å²) >= 11 is 3.58. The maximum Gasteiger partial charge on any atom is 0.228 e. The van der Waals surface area contributed by atoms with Crippen molar-refractivity contribution in [1.82, 2.24) is 29.5 Å². The lowest BCUT2D eigenvalue weighted by Crippen LogP contribution is -2.45. The maximum atomic E-state index is 6.01. The summed E-state index contributed by atoms with van der Waals surface area (Å²) in [6, 6.07) is 0.575. The van der Waals surface area contributed by atoms with Crippen LogP contribution in [-0.4, -0.2) is 54.3 Å². The van der Waals surface area contributed by atoms with Crippen LogP contribution < -0.4 is 10.6 Å². The van der Waals surface area contributed by atoms with Crippen molar-refractivity contribution in [2.24, 2.45) is 5.92 Å². The van der Waals surface area contributed by atoms with Crippen molar-refractivity contribution >= 4 is 38.9 Å². The van der Waals surface area contributed by atoms with Gasteiger partial charge in [0, 0.05) is 18.5 Å². The van der Waals surface area contributed by atoms with Crippen LogP contribution in [0.5, 0.6) is 0 Å². The van der Waals surface area contributed by atoms with E-state index in [4.69, 9.17) is 20.4 Å². The van der Waals surface area contributed by atoms with Crippen LogP contribution in [0.2, 0.25) is 0 Å². The van der Waals surface area contributed by atoms with Crippen LogP contribution in [0, 0.1) is 5.92 Å². The molecule has 1 saturated carbocycles. The summed E-state index contributed by atoms with van der Waals surface area (Å²) in [4.78, 5) is 25.4. The molecule has 0 radical (unpaired) electrons. The number of halogens is 1. The fraction of sp³-hybridized carbons (Fsp3) is 0.500. The highest BCUT2D eigenvalue weighted by Crippen LogP contribution is 2.54. The van der Waals surface area contributed by atoms with Crippen molar-refractivity contribution in [3.05, 3.63) is 17.1 Å². The summed E-state index contributed by atoms with van der Waals surface area (Å²) < 4.78 is 8.80. The van der Waals surface area contributed by atoms with Gasteiger partial charge in [0.15, 0.2) is 10.4 Å². The van der Waals surface area contributed by atoms with Crippen molar-refractivity contribution in [1.29, 1.82) is 0 Å². The molecule has 4 aliphatic rings. The average molecular weight is 443 g/mol. The Morgan fingerprint density at radius 3 is 2.71 bits per heavy atom. The predicted molar refractivity (Wildman–Crippen MR) is 107 cm³/mol. The van der Waals surface area contributed by atoms with E-state index >= 15 is 0 Å². The van der Waals surface area contributed by atoms with Gasteiger partial charge in [-0.25, -0.2) is 19.9 Å². The highest BCUT2D eigenvalue weighted by molar-refractivity contribution is 9.10. The zero-order chi connectivity index (χ0) is 19.2. The third kappa shape index (κ3) is 2.24. The van der Waals surface area contributed by atoms with E-state index in [1.54, 1.807) is 6.20 Å². The molecule has 144 valence electrons. The van der Waals surface area contributed by atoms with Crippen LogP contribution >= 0.6 is 15.9 Å². The molecular formula is C18H19BrN8O. The van der Waals surface area contributed by atoms with Gasteiger partial charge in [-0.2, -0.15) is 4.98 Å². The van der Waals surface area contributed by atoms with Gasteiger partial charge >= 0.3 is 0 Å². The molecule has 2 N–H and O–H groups in total. The third-order valence-corrected chi connectivity index (χ3v) is 6.43. The van der Waals surface area contributed by atoms with Crippen molar-refractivity contribution in [2.45, 2.75) is 44.6 Å². The van der Waals surface area contributed by atoms with Crippen LogP contribution in [0.3, 0.4) is 0 Å². The second-order valence-corrected chi connectivity index (χ2v) is 8.69. The van der Waals surface area contributed by atoms with Crippen molar-refractivity contribution in [3.63, 3.8) is 0 Å². The molecule has 3 aromatic rings. The number of fused-ring (bicyclic) bond motifs is 2. The lowest BCUT2D eigenvalue weighted by molar-refractivity contribution is 0.0490. The van der Waals surface area contributed by atoms with E-state index in [0.717, 1.165) is 23.3 Å². The Labute approximate surface area is 169 Å². The number of aromatic nitrogens is 6. The molecule has 4 bridgehead atoms. The summed E-state index contributed by atoms with van der Waals surface area (Å²) in [5.41, 5.74) is 8.52. The number of hydrogen-bond donors (Lipinski definition) is 1. The van der Waals surface area contributed by atoms with Crippen LogP contribution in [0.25, 0.3) is 22.6 Å². The minimum atomic E-state index is 0.194. The molecule has 3 saturated heterocycles. The number of nitrogens with zero attached hydrogens (tertiary/aromatic N) is 7. The van der Waals surface area contributed by atoms with E-state index < -0.39 is 0 Å². The Morgan fingerprint density at radius 2 is 2.07 bits per heavy atom. The number of hydrogen-bond acceptors (Lipinski definition) is 8. The molecule has 3 aliphatic heterocycles. The van der Waals surface area contributed by atoms with E-state index in [1.807, 2.05) is 0 Å². The molecule has 9 nitrogen and oxygen atoms in total. The third-order valence-electron chi connectivity index (χ3n) is 5.87. The molecule has 0 amide bonds. The molecule has 0 aromatic carbocycles. The zero-order valence-corrected chi connectivity index (χ0v) is 17.0. The number of rotatable bonds is 3. The van der Waals surface area contributed by atoms with Gasteiger partial charge in [-0.1, -0.05) is 0 Å². The normalized spacial score (nSPS) is 27.8. The first kappa shape index (κ1) is 16.6. The van der Waals surface area contributed by atoms with Crippen LogP contribution in [0.1, 0.15) is 26.3 Å². The summed E-state index contributed by atoms with van der Waals surface area (Å²) in [5, 5.41) is 0. The quantitative estimate of drug-likeness (QED) is 0.614. The van der Waals surface area contributed by atoms with E-state index in [0.29, 0.717) is 46.7 Å². The van der Waals surface area contributed by atoms with E-state index in [2.05, 4.69) is 54.2 Å². The smallest absolute Gasteiger partial charge is 0.228 e. The van der Waals surface area contributed by atoms with Gasteiger partial charge < -0.3 is 19.9 Å². The second kappa shape index (κ2) is 5.60. The number of morpholine rings is 1. The minimum Gasteiger partial charge on any atom is -0.382 e. The molecule has 4 atom stereocenters. The number of anilines is 2.